The van der Waals surface area contributed by atoms with Gasteiger partial charge in [-0.2, -0.15) is 13.2 Å². The minimum absolute atomic E-state index is 0.569. The molecule has 0 heterocycles. The van der Waals surface area contributed by atoms with E-state index in [1.54, 1.807) is 0 Å². The van der Waals surface area contributed by atoms with Crippen LogP contribution in [0.3, 0.4) is 0 Å². The van der Waals surface area contributed by atoms with Crippen molar-refractivity contribution in [2.75, 3.05) is 0 Å². The number of hydrogen-bond acceptors (Lipinski definition) is 1. The summed E-state index contributed by atoms with van der Waals surface area (Å²) in [5, 5.41) is 0. The van der Waals surface area contributed by atoms with E-state index in [4.69, 9.17) is 5.73 Å². The minimum Gasteiger partial charge on any atom is -0.321 e. The Kier molecular flexibility index (Phi) is 3.14. The third-order valence-electron chi connectivity index (χ3n) is 1.95. The second-order valence-electron chi connectivity index (χ2n) is 2.96. The summed E-state index contributed by atoms with van der Waals surface area (Å²) in [6.45, 7) is 3.24. The first-order valence-electron chi connectivity index (χ1n) is 4.11. The van der Waals surface area contributed by atoms with Crippen molar-refractivity contribution < 1.29 is 17.6 Å². The predicted octanol–water partition coefficient (Wildman–Crippen LogP) is 3.03. The molecule has 0 fully saturated rings. The lowest BCUT2D eigenvalue weighted by Crippen LogP contribution is -2.17. The minimum atomic E-state index is -4.61. The Hall–Kier alpha value is -1.36. The zero-order valence-corrected chi connectivity index (χ0v) is 7.68. The summed E-state index contributed by atoms with van der Waals surface area (Å²) in [4.78, 5) is 0. The summed E-state index contributed by atoms with van der Waals surface area (Å²) < 4.78 is 50.6. The normalized spacial score (nSPS) is 13.7. The van der Waals surface area contributed by atoms with Gasteiger partial charge in [0.25, 0.3) is 0 Å². The third-order valence-corrected chi connectivity index (χ3v) is 1.95. The highest BCUT2D eigenvalue weighted by Gasteiger charge is 2.35. The Morgan fingerprint density at radius 2 is 1.93 bits per heavy atom. The molecule has 0 saturated carbocycles. The van der Waals surface area contributed by atoms with Crippen molar-refractivity contribution in [1.82, 2.24) is 0 Å². The molecule has 0 spiro atoms. The van der Waals surface area contributed by atoms with Crippen LogP contribution in [0, 0.1) is 5.82 Å². The lowest BCUT2D eigenvalue weighted by atomic mass is 10.00. The molecule has 0 amide bonds. The first-order chi connectivity index (χ1) is 6.88. The van der Waals surface area contributed by atoms with Crippen LogP contribution in [-0.4, -0.2) is 0 Å². The summed E-state index contributed by atoms with van der Waals surface area (Å²) in [5.74, 6) is -0.975. The fourth-order valence-corrected chi connectivity index (χ4v) is 1.24. The van der Waals surface area contributed by atoms with Crippen LogP contribution in [0.4, 0.5) is 17.6 Å². The van der Waals surface area contributed by atoms with Gasteiger partial charge < -0.3 is 5.73 Å². The van der Waals surface area contributed by atoms with Crippen molar-refractivity contribution in [3.63, 3.8) is 0 Å². The SMILES string of the molecule is C=C[C@H](N)c1c(F)cccc1C(F)(F)F. The van der Waals surface area contributed by atoms with Crippen LogP contribution in [0.5, 0.6) is 0 Å². The highest BCUT2D eigenvalue weighted by Crippen LogP contribution is 2.35. The Labute approximate surface area is 84.2 Å². The van der Waals surface area contributed by atoms with Gasteiger partial charge in [-0.05, 0) is 12.1 Å². The molecule has 1 nitrogen and oxygen atoms in total. The Morgan fingerprint density at radius 3 is 2.40 bits per heavy atom. The molecule has 0 aromatic heterocycles. The molecule has 1 rings (SSSR count). The number of nitrogens with two attached hydrogens (primary N) is 1. The van der Waals surface area contributed by atoms with Gasteiger partial charge in [-0.3, -0.25) is 0 Å². The molecule has 0 saturated heterocycles. The molecule has 2 N–H and O–H groups in total. The van der Waals surface area contributed by atoms with Gasteiger partial charge in [-0.15, -0.1) is 6.58 Å². The molecule has 0 radical (unpaired) electrons. The third kappa shape index (κ3) is 2.36. The molecule has 15 heavy (non-hydrogen) atoms. The molecule has 0 aliphatic carbocycles. The second kappa shape index (κ2) is 4.02. The average molecular weight is 219 g/mol. The molecule has 1 aromatic carbocycles. The molecular weight excluding hydrogens is 210 g/mol. The number of halogens is 4. The Bertz CT molecular complexity index is 370. The van der Waals surface area contributed by atoms with Gasteiger partial charge in [0.15, 0.2) is 0 Å². The summed E-state index contributed by atoms with van der Waals surface area (Å²) in [7, 11) is 0. The van der Waals surface area contributed by atoms with Crippen LogP contribution >= 0.6 is 0 Å². The first kappa shape index (κ1) is 11.7. The zero-order valence-electron chi connectivity index (χ0n) is 7.68. The van der Waals surface area contributed by atoms with E-state index in [0.29, 0.717) is 0 Å². The van der Waals surface area contributed by atoms with Crippen LogP contribution in [0.25, 0.3) is 0 Å². The van der Waals surface area contributed by atoms with E-state index in [-0.39, 0.29) is 0 Å². The molecule has 0 aliphatic rings. The standard InChI is InChI=1S/C10H9F4N/c1-2-8(15)9-6(10(12,13)14)4-3-5-7(9)11/h2-5,8H,1,15H2/t8-/m0/s1. The van der Waals surface area contributed by atoms with Gasteiger partial charge in [0, 0.05) is 5.56 Å². The molecule has 1 atom stereocenters. The van der Waals surface area contributed by atoms with Gasteiger partial charge in [0.05, 0.1) is 11.6 Å². The smallest absolute Gasteiger partial charge is 0.321 e. The second-order valence-corrected chi connectivity index (χ2v) is 2.96. The van der Waals surface area contributed by atoms with Crippen LogP contribution in [0.15, 0.2) is 30.9 Å². The van der Waals surface area contributed by atoms with Crippen molar-refractivity contribution in [3.05, 3.63) is 47.8 Å². The van der Waals surface area contributed by atoms with Crippen LogP contribution in [0.1, 0.15) is 17.2 Å². The monoisotopic (exact) mass is 219 g/mol. The van der Waals surface area contributed by atoms with E-state index in [2.05, 4.69) is 6.58 Å². The van der Waals surface area contributed by atoms with Crippen molar-refractivity contribution in [2.24, 2.45) is 5.73 Å². The van der Waals surface area contributed by atoms with E-state index in [1.165, 1.54) is 0 Å². The highest BCUT2D eigenvalue weighted by molar-refractivity contribution is 5.35. The maximum Gasteiger partial charge on any atom is 0.416 e. The van der Waals surface area contributed by atoms with Gasteiger partial charge in [-0.25, -0.2) is 4.39 Å². The lowest BCUT2D eigenvalue weighted by Gasteiger charge is -2.16. The fourth-order valence-electron chi connectivity index (χ4n) is 1.24. The quantitative estimate of drug-likeness (QED) is 0.600. The predicted molar refractivity (Wildman–Crippen MR) is 48.5 cm³/mol. The maximum atomic E-state index is 13.2. The molecule has 1 aromatic rings. The van der Waals surface area contributed by atoms with E-state index >= 15 is 0 Å². The van der Waals surface area contributed by atoms with Crippen LogP contribution in [0.2, 0.25) is 0 Å². The van der Waals surface area contributed by atoms with Crippen molar-refractivity contribution in [1.29, 1.82) is 0 Å². The van der Waals surface area contributed by atoms with E-state index in [9.17, 15) is 17.6 Å². The number of alkyl halides is 3. The van der Waals surface area contributed by atoms with Crippen molar-refractivity contribution in [2.45, 2.75) is 12.2 Å². The van der Waals surface area contributed by atoms with Gasteiger partial charge in [0.1, 0.15) is 5.82 Å². The summed E-state index contributed by atoms with van der Waals surface area (Å²) in [6.07, 6.45) is -3.55. The molecule has 0 unspecified atom stereocenters. The molecule has 5 heteroatoms. The first-order valence-corrected chi connectivity index (χ1v) is 4.11. The maximum absolute atomic E-state index is 13.2. The van der Waals surface area contributed by atoms with E-state index in [1.807, 2.05) is 0 Å². The Balaban J connectivity index is 3.39. The molecular formula is C10H9F4N. The van der Waals surface area contributed by atoms with Crippen molar-refractivity contribution in [3.8, 4) is 0 Å². The summed E-state index contributed by atoms with van der Waals surface area (Å²) in [6, 6.07) is 1.57. The molecule has 82 valence electrons. The zero-order chi connectivity index (χ0) is 11.6. The topological polar surface area (TPSA) is 26.0 Å². The van der Waals surface area contributed by atoms with Crippen molar-refractivity contribution >= 4 is 0 Å². The summed E-state index contributed by atoms with van der Waals surface area (Å²) >= 11 is 0. The lowest BCUT2D eigenvalue weighted by molar-refractivity contribution is -0.138. The van der Waals surface area contributed by atoms with Crippen LogP contribution in [-0.2, 0) is 6.18 Å². The number of hydrogen-bond donors (Lipinski definition) is 1. The Morgan fingerprint density at radius 1 is 1.33 bits per heavy atom. The van der Waals surface area contributed by atoms with E-state index < -0.39 is 29.2 Å². The highest BCUT2D eigenvalue weighted by atomic mass is 19.4. The fraction of sp³-hybridized carbons (Fsp3) is 0.200. The van der Waals surface area contributed by atoms with Gasteiger partial charge in [-0.1, -0.05) is 12.1 Å². The van der Waals surface area contributed by atoms with Gasteiger partial charge >= 0.3 is 6.18 Å². The largest absolute Gasteiger partial charge is 0.416 e. The molecule has 0 aliphatic heterocycles. The number of benzene rings is 1. The number of rotatable bonds is 2. The molecule has 0 bridgehead atoms. The van der Waals surface area contributed by atoms with Gasteiger partial charge in [0.2, 0.25) is 0 Å². The summed E-state index contributed by atoms with van der Waals surface area (Å²) in [5.41, 5.74) is 3.70. The van der Waals surface area contributed by atoms with E-state index in [0.717, 1.165) is 24.3 Å². The average Bonchev–Trinajstić information content (AvgIpc) is 2.15. The van der Waals surface area contributed by atoms with Crippen LogP contribution < -0.4 is 5.73 Å².